The van der Waals surface area contributed by atoms with Gasteiger partial charge in [0.15, 0.2) is 0 Å². The van der Waals surface area contributed by atoms with Crippen molar-refractivity contribution in [2.45, 2.75) is 52.0 Å². The summed E-state index contributed by atoms with van der Waals surface area (Å²) in [7, 11) is 0. The zero-order valence-corrected chi connectivity index (χ0v) is 12.6. The van der Waals surface area contributed by atoms with Gasteiger partial charge in [0.25, 0.3) is 0 Å². The molecule has 3 heteroatoms. The first kappa shape index (κ1) is 14.8. The average Bonchev–Trinajstić information content (AvgIpc) is 3.15. The third-order valence-corrected chi connectivity index (χ3v) is 4.23. The van der Waals surface area contributed by atoms with E-state index in [0.717, 1.165) is 37.4 Å². The van der Waals surface area contributed by atoms with Crippen LogP contribution in [-0.4, -0.2) is 12.6 Å². The zero-order valence-electron chi connectivity index (χ0n) is 11.8. The third kappa shape index (κ3) is 4.47. The highest BCUT2D eigenvalue weighted by molar-refractivity contribution is 6.31. The maximum atomic E-state index is 13.1. The van der Waals surface area contributed by atoms with Gasteiger partial charge in [-0.15, -0.1) is 0 Å². The Labute approximate surface area is 120 Å². The quantitative estimate of drug-likeness (QED) is 0.772. The van der Waals surface area contributed by atoms with Crippen LogP contribution < -0.4 is 5.32 Å². The van der Waals surface area contributed by atoms with Crippen LogP contribution in [0.15, 0.2) is 18.2 Å². The van der Waals surface area contributed by atoms with Crippen molar-refractivity contribution in [3.63, 3.8) is 0 Å². The van der Waals surface area contributed by atoms with Crippen LogP contribution in [0, 0.1) is 11.2 Å². The van der Waals surface area contributed by atoms with Crippen molar-refractivity contribution in [3.8, 4) is 0 Å². The number of hydrogen-bond acceptors (Lipinski definition) is 1. The molecule has 1 aromatic carbocycles. The summed E-state index contributed by atoms with van der Waals surface area (Å²) < 4.78 is 13.1. The summed E-state index contributed by atoms with van der Waals surface area (Å²) in [4.78, 5) is 0. The average molecular weight is 284 g/mol. The number of nitrogens with one attached hydrogen (secondary N) is 1. The maximum Gasteiger partial charge on any atom is 0.124 e. The topological polar surface area (TPSA) is 12.0 Å². The number of benzene rings is 1. The van der Waals surface area contributed by atoms with Gasteiger partial charge in [-0.3, -0.25) is 0 Å². The van der Waals surface area contributed by atoms with Crippen LogP contribution >= 0.6 is 11.6 Å². The Balaban J connectivity index is 2.04. The molecule has 0 radical (unpaired) electrons. The number of hydrogen-bond donors (Lipinski definition) is 1. The van der Waals surface area contributed by atoms with Gasteiger partial charge >= 0.3 is 0 Å². The molecule has 1 aromatic rings. The standard InChI is InChI=1S/C16H23ClFN/c1-3-8-16(2,11-19-14-6-7-14)10-12-4-5-13(18)9-15(12)17/h4-5,9,14,19H,3,6-8,10-11H2,1-2H3. The van der Waals surface area contributed by atoms with Crippen LogP contribution in [0.2, 0.25) is 5.02 Å². The van der Waals surface area contributed by atoms with E-state index in [1.54, 1.807) is 0 Å². The molecule has 1 unspecified atom stereocenters. The van der Waals surface area contributed by atoms with E-state index in [1.165, 1.54) is 25.0 Å². The lowest BCUT2D eigenvalue weighted by molar-refractivity contribution is 0.274. The molecule has 2 rings (SSSR count). The number of halogens is 2. The molecule has 1 atom stereocenters. The molecule has 0 bridgehead atoms. The summed E-state index contributed by atoms with van der Waals surface area (Å²) in [6, 6.07) is 5.46. The molecular weight excluding hydrogens is 261 g/mol. The van der Waals surface area contributed by atoms with Crippen LogP contribution in [0.1, 0.15) is 45.1 Å². The van der Waals surface area contributed by atoms with E-state index in [1.807, 2.05) is 6.07 Å². The smallest absolute Gasteiger partial charge is 0.124 e. The van der Waals surface area contributed by atoms with Crippen LogP contribution in [0.3, 0.4) is 0 Å². The second-order valence-corrected chi connectivity index (χ2v) is 6.54. The Morgan fingerprint density at radius 2 is 2.16 bits per heavy atom. The first-order chi connectivity index (χ1) is 9.02. The molecule has 1 nitrogen and oxygen atoms in total. The second kappa shape index (κ2) is 6.23. The van der Waals surface area contributed by atoms with Crippen LogP contribution in [0.25, 0.3) is 0 Å². The van der Waals surface area contributed by atoms with Crippen LogP contribution in [0.4, 0.5) is 4.39 Å². The minimum atomic E-state index is -0.262. The van der Waals surface area contributed by atoms with E-state index >= 15 is 0 Å². The minimum Gasteiger partial charge on any atom is -0.313 e. The molecule has 1 aliphatic rings. The predicted octanol–water partition coefficient (Wildman–Crippen LogP) is 4.58. The first-order valence-corrected chi connectivity index (χ1v) is 7.57. The van der Waals surface area contributed by atoms with Gasteiger partial charge in [0.05, 0.1) is 0 Å². The summed E-state index contributed by atoms with van der Waals surface area (Å²) in [6.45, 7) is 5.52. The summed E-state index contributed by atoms with van der Waals surface area (Å²) in [6.07, 6.45) is 5.82. The summed E-state index contributed by atoms with van der Waals surface area (Å²) in [5, 5.41) is 4.17. The van der Waals surface area contributed by atoms with Crippen molar-refractivity contribution in [2.75, 3.05) is 6.54 Å². The van der Waals surface area contributed by atoms with E-state index in [9.17, 15) is 4.39 Å². The highest BCUT2D eigenvalue weighted by atomic mass is 35.5. The van der Waals surface area contributed by atoms with E-state index < -0.39 is 0 Å². The fourth-order valence-electron chi connectivity index (χ4n) is 2.65. The van der Waals surface area contributed by atoms with Gasteiger partial charge < -0.3 is 5.32 Å². The fourth-order valence-corrected chi connectivity index (χ4v) is 2.88. The molecule has 19 heavy (non-hydrogen) atoms. The van der Waals surface area contributed by atoms with E-state index in [-0.39, 0.29) is 11.2 Å². The van der Waals surface area contributed by atoms with Crippen molar-refractivity contribution in [2.24, 2.45) is 5.41 Å². The molecule has 0 amide bonds. The molecule has 0 aromatic heterocycles. The molecule has 1 N–H and O–H groups in total. The second-order valence-electron chi connectivity index (χ2n) is 6.13. The molecule has 1 saturated carbocycles. The number of rotatable bonds is 7. The Kier molecular flexibility index (Phi) is 4.86. The predicted molar refractivity (Wildman–Crippen MR) is 79.2 cm³/mol. The van der Waals surface area contributed by atoms with Gasteiger partial charge in [-0.25, -0.2) is 4.39 Å². The Morgan fingerprint density at radius 1 is 1.42 bits per heavy atom. The molecular formula is C16H23ClFN. The monoisotopic (exact) mass is 283 g/mol. The maximum absolute atomic E-state index is 13.1. The van der Waals surface area contributed by atoms with Gasteiger partial charge in [-0.1, -0.05) is 37.9 Å². The molecule has 1 aliphatic carbocycles. The van der Waals surface area contributed by atoms with E-state index in [2.05, 4.69) is 19.2 Å². The van der Waals surface area contributed by atoms with Crippen molar-refractivity contribution < 1.29 is 4.39 Å². The van der Waals surface area contributed by atoms with Crippen molar-refractivity contribution in [1.82, 2.24) is 5.32 Å². The SMILES string of the molecule is CCCC(C)(CNC1CC1)Cc1ccc(F)cc1Cl. The minimum absolute atomic E-state index is 0.193. The van der Waals surface area contributed by atoms with Crippen molar-refractivity contribution in [3.05, 3.63) is 34.6 Å². The molecule has 0 heterocycles. The van der Waals surface area contributed by atoms with Crippen molar-refractivity contribution in [1.29, 1.82) is 0 Å². The zero-order chi connectivity index (χ0) is 13.9. The molecule has 1 fully saturated rings. The Bertz CT molecular complexity index is 431. The first-order valence-electron chi connectivity index (χ1n) is 7.20. The summed E-state index contributed by atoms with van der Waals surface area (Å²) in [5.41, 5.74) is 1.25. The van der Waals surface area contributed by atoms with Gasteiger partial charge in [-0.05, 0) is 48.8 Å². The van der Waals surface area contributed by atoms with E-state index in [4.69, 9.17) is 11.6 Å². The van der Waals surface area contributed by atoms with Gasteiger partial charge in [-0.2, -0.15) is 0 Å². The lowest BCUT2D eigenvalue weighted by Gasteiger charge is -2.30. The Morgan fingerprint density at radius 3 is 2.74 bits per heavy atom. The molecule has 0 spiro atoms. The lowest BCUT2D eigenvalue weighted by atomic mass is 9.79. The van der Waals surface area contributed by atoms with Crippen LogP contribution in [-0.2, 0) is 6.42 Å². The highest BCUT2D eigenvalue weighted by Gasteiger charge is 2.28. The van der Waals surface area contributed by atoms with Gasteiger partial charge in [0, 0.05) is 17.6 Å². The molecule has 106 valence electrons. The van der Waals surface area contributed by atoms with Gasteiger partial charge in [0.1, 0.15) is 5.82 Å². The normalized spacial score (nSPS) is 18.3. The largest absolute Gasteiger partial charge is 0.313 e. The molecule has 0 aliphatic heterocycles. The lowest BCUT2D eigenvalue weighted by Crippen LogP contribution is -2.35. The van der Waals surface area contributed by atoms with Gasteiger partial charge in [0.2, 0.25) is 0 Å². The highest BCUT2D eigenvalue weighted by Crippen LogP contribution is 2.32. The summed E-state index contributed by atoms with van der Waals surface area (Å²) >= 11 is 6.15. The third-order valence-electron chi connectivity index (χ3n) is 3.88. The van der Waals surface area contributed by atoms with Crippen molar-refractivity contribution >= 4 is 11.6 Å². The fraction of sp³-hybridized carbons (Fsp3) is 0.625. The molecule has 0 saturated heterocycles. The van der Waals surface area contributed by atoms with Crippen LogP contribution in [0.5, 0.6) is 0 Å². The Hall–Kier alpha value is -0.600. The van der Waals surface area contributed by atoms with E-state index in [0.29, 0.717) is 5.02 Å². The summed E-state index contributed by atoms with van der Waals surface area (Å²) in [5.74, 6) is -0.262.